The molecule has 4 aromatic rings. The molecule has 0 radical (unpaired) electrons. The van der Waals surface area contributed by atoms with E-state index in [1.807, 2.05) is 42.3 Å². The number of likely N-dealkylation sites (tertiary alicyclic amines) is 1. The van der Waals surface area contributed by atoms with Crippen LogP contribution in [0.3, 0.4) is 0 Å². The number of carbonyl (C=O) groups is 1. The topological polar surface area (TPSA) is 97.3 Å². The van der Waals surface area contributed by atoms with E-state index in [0.717, 1.165) is 45.4 Å². The van der Waals surface area contributed by atoms with Gasteiger partial charge in [0.15, 0.2) is 0 Å². The van der Waals surface area contributed by atoms with E-state index < -0.39 is 0 Å². The van der Waals surface area contributed by atoms with E-state index in [1.165, 1.54) is 12.4 Å². The summed E-state index contributed by atoms with van der Waals surface area (Å²) in [7, 11) is 2.00. The fourth-order valence-electron chi connectivity index (χ4n) is 5.35. The Labute approximate surface area is 204 Å². The largest absolute Gasteiger partial charge is 0.395 e. The summed E-state index contributed by atoms with van der Waals surface area (Å²) in [5.41, 5.74) is 12.4. The Morgan fingerprint density at radius 2 is 1.89 bits per heavy atom. The Bertz CT molecular complexity index is 1380. The van der Waals surface area contributed by atoms with Crippen molar-refractivity contribution in [3.05, 3.63) is 90.4 Å². The Kier molecular flexibility index (Phi) is 6.09. The molecule has 2 atom stereocenters. The number of rotatable bonds is 6. The maximum atomic E-state index is 12.2. The van der Waals surface area contributed by atoms with Crippen molar-refractivity contribution in [3.63, 3.8) is 0 Å². The van der Waals surface area contributed by atoms with Crippen molar-refractivity contribution in [2.75, 3.05) is 25.4 Å². The number of aliphatic hydroxyl groups excluding tert-OH is 1. The second kappa shape index (κ2) is 9.35. The number of aryl methyl sites for hydroxylation is 1. The first-order chi connectivity index (χ1) is 17.0. The summed E-state index contributed by atoms with van der Waals surface area (Å²) >= 11 is 0. The van der Waals surface area contributed by atoms with Gasteiger partial charge in [0.2, 0.25) is 5.91 Å². The van der Waals surface area contributed by atoms with Crippen molar-refractivity contribution in [3.8, 4) is 11.1 Å². The number of benzene rings is 2. The lowest BCUT2D eigenvalue weighted by atomic mass is 9.89. The number of aliphatic hydroxyl groups is 1. The molecule has 1 saturated heterocycles. The van der Waals surface area contributed by atoms with Gasteiger partial charge in [-0.2, -0.15) is 0 Å². The van der Waals surface area contributed by atoms with Gasteiger partial charge in [-0.15, -0.1) is 0 Å². The van der Waals surface area contributed by atoms with Gasteiger partial charge in [0.1, 0.15) is 17.8 Å². The number of amides is 1. The van der Waals surface area contributed by atoms with E-state index in [1.54, 1.807) is 0 Å². The van der Waals surface area contributed by atoms with Crippen LogP contribution >= 0.6 is 0 Å². The molecule has 0 aliphatic carbocycles. The van der Waals surface area contributed by atoms with Crippen molar-refractivity contribution in [2.45, 2.75) is 18.3 Å². The standard InChI is InChI=1S/C28H29N5O2/c1-3-23(35)33-14-13-21(15-33)26-24(25-27(29)30-17-31-28(25)32(26)2)20-11-9-19(10-12-20)22(16-34)18-7-5-4-6-8-18/h3-12,17,21-22,34H,1,13-16H2,2H3,(H2,29,30,31). The lowest BCUT2D eigenvalue weighted by molar-refractivity contribution is -0.125. The molecule has 178 valence electrons. The van der Waals surface area contributed by atoms with Crippen LogP contribution < -0.4 is 5.73 Å². The molecular weight excluding hydrogens is 438 g/mol. The second-order valence-corrected chi connectivity index (χ2v) is 9.02. The van der Waals surface area contributed by atoms with Gasteiger partial charge in [0.25, 0.3) is 0 Å². The van der Waals surface area contributed by atoms with Crippen LogP contribution in [-0.2, 0) is 11.8 Å². The average molecular weight is 468 g/mol. The highest BCUT2D eigenvalue weighted by Crippen LogP contribution is 2.42. The minimum atomic E-state index is -0.0982. The number of nitrogens with zero attached hydrogens (tertiary/aromatic N) is 4. The van der Waals surface area contributed by atoms with Crippen LogP contribution in [-0.4, -0.2) is 50.1 Å². The molecule has 7 nitrogen and oxygen atoms in total. The van der Waals surface area contributed by atoms with Gasteiger partial charge in [-0.1, -0.05) is 61.2 Å². The normalized spacial score (nSPS) is 16.5. The second-order valence-electron chi connectivity index (χ2n) is 9.02. The molecule has 0 bridgehead atoms. The number of aromatic nitrogens is 3. The summed E-state index contributed by atoms with van der Waals surface area (Å²) in [5.74, 6) is 0.429. The fourth-order valence-corrected chi connectivity index (χ4v) is 5.35. The zero-order valence-corrected chi connectivity index (χ0v) is 19.8. The minimum absolute atomic E-state index is 0.0267. The van der Waals surface area contributed by atoms with Crippen LogP contribution in [0.5, 0.6) is 0 Å². The van der Waals surface area contributed by atoms with Crippen LogP contribution in [0.25, 0.3) is 22.2 Å². The van der Waals surface area contributed by atoms with E-state index in [0.29, 0.717) is 18.9 Å². The van der Waals surface area contributed by atoms with E-state index in [2.05, 4.69) is 45.4 Å². The lowest BCUT2D eigenvalue weighted by Crippen LogP contribution is -2.26. The highest BCUT2D eigenvalue weighted by molar-refractivity contribution is 6.02. The Hall–Kier alpha value is -3.97. The molecule has 3 N–H and O–H groups in total. The van der Waals surface area contributed by atoms with Gasteiger partial charge in [-0.3, -0.25) is 4.79 Å². The highest BCUT2D eigenvalue weighted by atomic mass is 16.3. The molecule has 1 fully saturated rings. The molecule has 1 aliphatic heterocycles. The Balaban J connectivity index is 1.60. The zero-order chi connectivity index (χ0) is 24.5. The third-order valence-corrected chi connectivity index (χ3v) is 7.09. The van der Waals surface area contributed by atoms with Gasteiger partial charge >= 0.3 is 0 Å². The molecule has 0 saturated carbocycles. The molecule has 7 heteroatoms. The number of hydrogen-bond donors (Lipinski definition) is 2. The highest BCUT2D eigenvalue weighted by Gasteiger charge is 2.32. The number of hydrogen-bond acceptors (Lipinski definition) is 5. The summed E-state index contributed by atoms with van der Waals surface area (Å²) in [6.45, 7) is 4.97. The fraction of sp³-hybridized carbons (Fsp3) is 0.250. The Morgan fingerprint density at radius 3 is 2.57 bits per heavy atom. The summed E-state index contributed by atoms with van der Waals surface area (Å²) in [6.07, 6.45) is 3.71. The molecule has 2 unspecified atom stereocenters. The first-order valence-electron chi connectivity index (χ1n) is 11.8. The average Bonchev–Trinajstić information content (AvgIpc) is 3.49. The van der Waals surface area contributed by atoms with E-state index in [9.17, 15) is 9.90 Å². The molecular formula is C28H29N5O2. The van der Waals surface area contributed by atoms with Gasteiger partial charge in [0, 0.05) is 43.2 Å². The lowest BCUT2D eigenvalue weighted by Gasteiger charge is -2.18. The van der Waals surface area contributed by atoms with Gasteiger partial charge < -0.3 is 20.3 Å². The number of anilines is 1. The van der Waals surface area contributed by atoms with E-state index in [4.69, 9.17) is 5.73 Å². The number of carbonyl (C=O) groups excluding carboxylic acids is 1. The summed E-state index contributed by atoms with van der Waals surface area (Å²) in [4.78, 5) is 22.9. The summed E-state index contributed by atoms with van der Waals surface area (Å²) in [6, 6.07) is 18.3. The van der Waals surface area contributed by atoms with Crippen LogP contribution in [0.2, 0.25) is 0 Å². The van der Waals surface area contributed by atoms with Crippen LogP contribution in [0.1, 0.15) is 35.1 Å². The quantitative estimate of drug-likeness (QED) is 0.420. The molecule has 35 heavy (non-hydrogen) atoms. The Morgan fingerprint density at radius 1 is 1.17 bits per heavy atom. The summed E-state index contributed by atoms with van der Waals surface area (Å²) in [5, 5.41) is 10.9. The molecule has 5 rings (SSSR count). The van der Waals surface area contributed by atoms with Crippen molar-refractivity contribution in [1.82, 2.24) is 19.4 Å². The smallest absolute Gasteiger partial charge is 0.245 e. The molecule has 1 aliphatic rings. The van der Waals surface area contributed by atoms with Crippen molar-refractivity contribution >= 4 is 22.8 Å². The third-order valence-electron chi connectivity index (χ3n) is 7.09. The number of nitrogen functional groups attached to an aromatic ring is 1. The van der Waals surface area contributed by atoms with Gasteiger partial charge in [0.05, 0.1) is 12.0 Å². The monoisotopic (exact) mass is 467 g/mol. The molecule has 0 spiro atoms. The predicted octanol–water partition coefficient (Wildman–Crippen LogP) is 3.84. The first kappa shape index (κ1) is 22.8. The van der Waals surface area contributed by atoms with Crippen molar-refractivity contribution < 1.29 is 9.90 Å². The van der Waals surface area contributed by atoms with Gasteiger partial charge in [-0.05, 0) is 29.2 Å². The SMILES string of the molecule is C=CC(=O)N1CCC(c2c(-c3ccc(C(CO)c4ccccc4)cc3)c3c(N)ncnc3n2C)C1. The third kappa shape index (κ3) is 3.98. The van der Waals surface area contributed by atoms with Crippen LogP contribution in [0.15, 0.2) is 73.6 Å². The number of fused-ring (bicyclic) bond motifs is 1. The van der Waals surface area contributed by atoms with Crippen LogP contribution in [0.4, 0.5) is 5.82 Å². The minimum Gasteiger partial charge on any atom is -0.395 e. The molecule has 2 aromatic heterocycles. The summed E-state index contributed by atoms with van der Waals surface area (Å²) < 4.78 is 2.09. The maximum Gasteiger partial charge on any atom is 0.245 e. The van der Waals surface area contributed by atoms with E-state index in [-0.39, 0.29) is 24.3 Å². The zero-order valence-electron chi connectivity index (χ0n) is 19.8. The maximum absolute atomic E-state index is 12.2. The molecule has 3 heterocycles. The number of nitrogens with two attached hydrogens (primary N) is 1. The van der Waals surface area contributed by atoms with Crippen molar-refractivity contribution in [1.29, 1.82) is 0 Å². The van der Waals surface area contributed by atoms with Crippen LogP contribution in [0, 0.1) is 0 Å². The van der Waals surface area contributed by atoms with E-state index >= 15 is 0 Å². The first-order valence-corrected chi connectivity index (χ1v) is 11.8. The van der Waals surface area contributed by atoms with Crippen molar-refractivity contribution in [2.24, 2.45) is 7.05 Å². The van der Waals surface area contributed by atoms with Gasteiger partial charge in [-0.25, -0.2) is 9.97 Å². The molecule has 2 aromatic carbocycles. The molecule has 1 amide bonds. The predicted molar refractivity (Wildman–Crippen MR) is 138 cm³/mol.